The fraction of sp³-hybridized carbons (Fsp3) is 0.444. The monoisotopic (exact) mass is 197 g/mol. The normalized spacial score (nSPS) is 21.8. The Hall–Kier alpha value is -0.870. The molecule has 1 aliphatic rings. The molecule has 1 unspecified atom stereocenters. The third-order valence-corrected chi connectivity index (χ3v) is 2.80. The lowest BCUT2D eigenvalue weighted by molar-refractivity contribution is -0.139. The summed E-state index contributed by atoms with van der Waals surface area (Å²) in [7, 11) is 0. The number of rotatable bonds is 3. The Morgan fingerprint density at radius 2 is 2.62 bits per heavy atom. The molecule has 3 nitrogen and oxygen atoms in total. The van der Waals surface area contributed by atoms with E-state index in [-0.39, 0.29) is 12.0 Å². The third kappa shape index (κ3) is 2.08. The third-order valence-electron chi connectivity index (χ3n) is 2.07. The highest BCUT2D eigenvalue weighted by Crippen LogP contribution is 2.09. The summed E-state index contributed by atoms with van der Waals surface area (Å²) in [5.41, 5.74) is 1.23. The molecule has 1 fully saturated rings. The van der Waals surface area contributed by atoms with Gasteiger partial charge in [0.1, 0.15) is 6.04 Å². The average Bonchev–Trinajstić information content (AvgIpc) is 2.72. The van der Waals surface area contributed by atoms with Gasteiger partial charge in [0.25, 0.3) is 0 Å². The van der Waals surface area contributed by atoms with E-state index >= 15 is 0 Å². The minimum atomic E-state index is -0.116. The van der Waals surface area contributed by atoms with Crippen LogP contribution < -0.4 is 5.32 Å². The lowest BCUT2D eigenvalue weighted by Crippen LogP contribution is -2.32. The topological polar surface area (TPSA) is 38.3 Å². The van der Waals surface area contributed by atoms with Crippen LogP contribution in [0.25, 0.3) is 0 Å². The summed E-state index contributed by atoms with van der Waals surface area (Å²) in [6, 6.07) is 1.96. The molecule has 1 aliphatic heterocycles. The van der Waals surface area contributed by atoms with Crippen LogP contribution in [0.1, 0.15) is 12.0 Å². The summed E-state index contributed by atoms with van der Waals surface area (Å²) in [6.45, 7) is 1.31. The Morgan fingerprint density at radius 3 is 3.23 bits per heavy atom. The van der Waals surface area contributed by atoms with E-state index in [1.807, 2.05) is 5.38 Å². The van der Waals surface area contributed by atoms with Crippen molar-refractivity contribution < 1.29 is 9.53 Å². The van der Waals surface area contributed by atoms with Crippen molar-refractivity contribution >= 4 is 17.3 Å². The van der Waals surface area contributed by atoms with Crippen LogP contribution in [0.3, 0.4) is 0 Å². The molecule has 70 valence electrons. The number of hydrogen-bond acceptors (Lipinski definition) is 4. The van der Waals surface area contributed by atoms with E-state index in [4.69, 9.17) is 4.74 Å². The minimum absolute atomic E-state index is 0.0973. The molecule has 4 heteroatoms. The lowest BCUT2D eigenvalue weighted by Gasteiger charge is -2.06. The number of hydrogen-bond donors (Lipinski definition) is 1. The first-order valence-corrected chi connectivity index (χ1v) is 5.21. The second-order valence-electron chi connectivity index (χ2n) is 3.02. The number of carbonyl (C=O) groups excluding carboxylic acids is 1. The second kappa shape index (κ2) is 3.89. The van der Waals surface area contributed by atoms with Gasteiger partial charge in [-0.25, -0.2) is 0 Å². The summed E-state index contributed by atoms with van der Waals surface area (Å²) < 4.78 is 4.84. The molecule has 2 heterocycles. The second-order valence-corrected chi connectivity index (χ2v) is 3.80. The molecular formula is C9H11NO2S. The first kappa shape index (κ1) is 8.72. The Bertz CT molecular complexity index is 284. The molecule has 1 atom stereocenters. The molecule has 1 N–H and O–H groups in total. The number of carbonyl (C=O) groups is 1. The lowest BCUT2D eigenvalue weighted by atomic mass is 10.2. The van der Waals surface area contributed by atoms with Gasteiger partial charge < -0.3 is 10.1 Å². The maximum atomic E-state index is 11.1. The zero-order valence-electron chi connectivity index (χ0n) is 7.16. The van der Waals surface area contributed by atoms with Gasteiger partial charge in [-0.3, -0.25) is 4.79 Å². The largest absolute Gasteiger partial charge is 0.464 e. The highest BCUT2D eigenvalue weighted by atomic mass is 32.1. The van der Waals surface area contributed by atoms with E-state index in [2.05, 4.69) is 16.8 Å². The molecule has 1 saturated heterocycles. The minimum Gasteiger partial charge on any atom is -0.464 e. The highest BCUT2D eigenvalue weighted by molar-refractivity contribution is 7.07. The van der Waals surface area contributed by atoms with Crippen molar-refractivity contribution in [2.75, 3.05) is 6.61 Å². The maximum Gasteiger partial charge on any atom is 0.323 e. The van der Waals surface area contributed by atoms with Crippen molar-refractivity contribution in [3.05, 3.63) is 22.4 Å². The van der Waals surface area contributed by atoms with Gasteiger partial charge >= 0.3 is 5.97 Å². The standard InChI is InChI=1S/C9H11NO2S/c11-9-8(1-3-12-9)10-5-7-2-4-13-6-7/h2,4,6,8,10H,1,3,5H2. The van der Waals surface area contributed by atoms with Crippen LogP contribution in [-0.2, 0) is 16.1 Å². The van der Waals surface area contributed by atoms with Crippen LogP contribution in [0.15, 0.2) is 16.8 Å². The summed E-state index contributed by atoms with van der Waals surface area (Å²) in [5, 5.41) is 7.27. The molecule has 0 amide bonds. The zero-order chi connectivity index (χ0) is 9.10. The van der Waals surface area contributed by atoms with Gasteiger partial charge in [-0.15, -0.1) is 0 Å². The predicted octanol–water partition coefficient (Wildman–Crippen LogP) is 1.15. The number of cyclic esters (lactones) is 1. The Labute approximate surface area is 80.7 Å². The molecule has 2 rings (SSSR count). The van der Waals surface area contributed by atoms with Crippen LogP contribution in [0.2, 0.25) is 0 Å². The van der Waals surface area contributed by atoms with Crippen molar-refractivity contribution in [3.8, 4) is 0 Å². The van der Waals surface area contributed by atoms with E-state index in [0.717, 1.165) is 13.0 Å². The van der Waals surface area contributed by atoms with Gasteiger partial charge in [-0.2, -0.15) is 11.3 Å². The van der Waals surface area contributed by atoms with E-state index in [0.29, 0.717) is 6.61 Å². The fourth-order valence-electron chi connectivity index (χ4n) is 1.32. The van der Waals surface area contributed by atoms with Gasteiger partial charge in [0.2, 0.25) is 0 Å². The quantitative estimate of drug-likeness (QED) is 0.739. The molecule has 1 aromatic rings. The molecule has 0 spiro atoms. The Kier molecular flexibility index (Phi) is 2.61. The van der Waals surface area contributed by atoms with Crippen molar-refractivity contribution in [2.45, 2.75) is 19.0 Å². The van der Waals surface area contributed by atoms with Gasteiger partial charge in [0.15, 0.2) is 0 Å². The van der Waals surface area contributed by atoms with Gasteiger partial charge in [-0.1, -0.05) is 0 Å². The first-order valence-electron chi connectivity index (χ1n) is 4.27. The summed E-state index contributed by atoms with van der Waals surface area (Å²) >= 11 is 1.67. The number of thiophene rings is 1. The number of nitrogens with one attached hydrogen (secondary N) is 1. The van der Waals surface area contributed by atoms with E-state index in [1.54, 1.807) is 11.3 Å². The van der Waals surface area contributed by atoms with Crippen molar-refractivity contribution in [3.63, 3.8) is 0 Å². The van der Waals surface area contributed by atoms with E-state index < -0.39 is 0 Å². The molecule has 0 saturated carbocycles. The number of ether oxygens (including phenoxy) is 1. The van der Waals surface area contributed by atoms with Crippen LogP contribution in [0.4, 0.5) is 0 Å². The smallest absolute Gasteiger partial charge is 0.323 e. The van der Waals surface area contributed by atoms with Crippen LogP contribution >= 0.6 is 11.3 Å². The molecule has 0 radical (unpaired) electrons. The zero-order valence-corrected chi connectivity index (χ0v) is 7.97. The molecule has 0 aliphatic carbocycles. The fourth-order valence-corrected chi connectivity index (χ4v) is 1.98. The van der Waals surface area contributed by atoms with Gasteiger partial charge in [0, 0.05) is 13.0 Å². The molecule has 1 aromatic heterocycles. The molecular weight excluding hydrogens is 186 g/mol. The van der Waals surface area contributed by atoms with E-state index in [1.165, 1.54) is 5.56 Å². The number of esters is 1. The van der Waals surface area contributed by atoms with E-state index in [9.17, 15) is 4.79 Å². The highest BCUT2D eigenvalue weighted by Gasteiger charge is 2.25. The molecule has 0 aromatic carbocycles. The van der Waals surface area contributed by atoms with Crippen LogP contribution in [0, 0.1) is 0 Å². The first-order chi connectivity index (χ1) is 6.36. The predicted molar refractivity (Wildman–Crippen MR) is 50.5 cm³/mol. The van der Waals surface area contributed by atoms with Gasteiger partial charge in [-0.05, 0) is 22.4 Å². The van der Waals surface area contributed by atoms with Crippen molar-refractivity contribution in [1.29, 1.82) is 0 Å². The van der Waals surface area contributed by atoms with Crippen LogP contribution in [-0.4, -0.2) is 18.6 Å². The summed E-state index contributed by atoms with van der Waals surface area (Å²) in [4.78, 5) is 11.1. The Morgan fingerprint density at radius 1 is 1.69 bits per heavy atom. The molecule has 13 heavy (non-hydrogen) atoms. The van der Waals surface area contributed by atoms with Crippen molar-refractivity contribution in [1.82, 2.24) is 5.32 Å². The SMILES string of the molecule is O=C1OCCC1NCc1ccsc1. The Balaban J connectivity index is 1.82. The van der Waals surface area contributed by atoms with Crippen LogP contribution in [0.5, 0.6) is 0 Å². The average molecular weight is 197 g/mol. The van der Waals surface area contributed by atoms with Crippen molar-refractivity contribution in [2.24, 2.45) is 0 Å². The molecule has 0 bridgehead atoms. The summed E-state index contributed by atoms with van der Waals surface area (Å²) in [5.74, 6) is -0.116. The summed E-state index contributed by atoms with van der Waals surface area (Å²) in [6.07, 6.45) is 0.795. The van der Waals surface area contributed by atoms with Gasteiger partial charge in [0.05, 0.1) is 6.61 Å². The maximum absolute atomic E-state index is 11.1.